The average molecular weight is 260 g/mol. The quantitative estimate of drug-likeness (QED) is 0.785. The Hall–Kier alpha value is -2.24. The first-order valence-corrected chi connectivity index (χ1v) is 6.36. The second-order valence-corrected chi connectivity index (χ2v) is 4.77. The second-order valence-electron chi connectivity index (χ2n) is 4.77. The number of carbonyl (C=O) groups excluding carboxylic acids is 1. The monoisotopic (exact) mass is 260 g/mol. The third-order valence-electron chi connectivity index (χ3n) is 3.59. The first-order valence-electron chi connectivity index (χ1n) is 6.36. The number of carbonyl (C=O) groups is 1. The standard InChI is InChI=1S/C13H16N4O2/c1-9(18)16-5-7-17(8-6-16)11-4-2-3-10-12(11)15-13(19)14-10/h2-4H,5-8H2,1H3,(H2,14,15,19). The number of fused-ring (bicyclic) bond motifs is 1. The molecule has 1 aromatic carbocycles. The summed E-state index contributed by atoms with van der Waals surface area (Å²) in [7, 11) is 0. The fraction of sp³-hybridized carbons (Fsp3) is 0.385. The Bertz CT molecular complexity index is 665. The molecule has 1 amide bonds. The van der Waals surface area contributed by atoms with Crippen LogP contribution in [0.3, 0.4) is 0 Å². The van der Waals surface area contributed by atoms with Crippen LogP contribution in [-0.4, -0.2) is 47.0 Å². The number of amides is 1. The summed E-state index contributed by atoms with van der Waals surface area (Å²) >= 11 is 0. The molecule has 0 spiro atoms. The number of H-pyrrole nitrogens is 2. The SMILES string of the molecule is CC(=O)N1CCN(c2cccc3[nH]c(=O)[nH]c23)CC1. The zero-order valence-corrected chi connectivity index (χ0v) is 10.8. The lowest BCUT2D eigenvalue weighted by Gasteiger charge is -2.35. The molecule has 0 unspecified atom stereocenters. The van der Waals surface area contributed by atoms with Gasteiger partial charge in [0.15, 0.2) is 0 Å². The third kappa shape index (κ3) is 2.09. The summed E-state index contributed by atoms with van der Waals surface area (Å²) in [6.45, 7) is 4.61. The van der Waals surface area contributed by atoms with Crippen LogP contribution >= 0.6 is 0 Å². The molecule has 2 heterocycles. The molecule has 6 heteroatoms. The van der Waals surface area contributed by atoms with Crippen molar-refractivity contribution in [2.75, 3.05) is 31.1 Å². The van der Waals surface area contributed by atoms with Crippen LogP contribution < -0.4 is 10.6 Å². The van der Waals surface area contributed by atoms with Crippen LogP contribution in [0.2, 0.25) is 0 Å². The molecule has 19 heavy (non-hydrogen) atoms. The number of imidazole rings is 1. The molecular formula is C13H16N4O2. The molecule has 100 valence electrons. The highest BCUT2D eigenvalue weighted by molar-refractivity contribution is 5.88. The molecule has 0 aliphatic carbocycles. The van der Waals surface area contributed by atoms with Crippen molar-refractivity contribution in [1.82, 2.24) is 14.9 Å². The van der Waals surface area contributed by atoms with Gasteiger partial charge in [-0.3, -0.25) is 4.79 Å². The van der Waals surface area contributed by atoms with E-state index in [1.165, 1.54) is 0 Å². The average Bonchev–Trinajstić information content (AvgIpc) is 2.78. The topological polar surface area (TPSA) is 72.2 Å². The number of aromatic nitrogens is 2. The molecule has 0 atom stereocenters. The van der Waals surface area contributed by atoms with Crippen LogP contribution in [0, 0.1) is 0 Å². The van der Waals surface area contributed by atoms with Gasteiger partial charge in [-0.15, -0.1) is 0 Å². The Morgan fingerprint density at radius 1 is 1.16 bits per heavy atom. The molecule has 1 aliphatic rings. The zero-order chi connectivity index (χ0) is 13.4. The van der Waals surface area contributed by atoms with Gasteiger partial charge in [0.1, 0.15) is 0 Å². The number of aromatic amines is 2. The van der Waals surface area contributed by atoms with Gasteiger partial charge in [-0.05, 0) is 12.1 Å². The van der Waals surface area contributed by atoms with Crippen molar-refractivity contribution >= 4 is 22.6 Å². The first-order chi connectivity index (χ1) is 9.15. The number of para-hydroxylation sites is 1. The molecule has 0 saturated carbocycles. The van der Waals surface area contributed by atoms with Gasteiger partial charge in [0.25, 0.3) is 0 Å². The minimum Gasteiger partial charge on any atom is -0.366 e. The van der Waals surface area contributed by atoms with Crippen molar-refractivity contribution in [3.63, 3.8) is 0 Å². The summed E-state index contributed by atoms with van der Waals surface area (Å²) in [5, 5.41) is 0. The summed E-state index contributed by atoms with van der Waals surface area (Å²) in [6.07, 6.45) is 0. The number of hydrogen-bond acceptors (Lipinski definition) is 3. The minimum atomic E-state index is -0.190. The second kappa shape index (κ2) is 4.46. The molecule has 1 saturated heterocycles. The fourth-order valence-corrected chi connectivity index (χ4v) is 2.57. The van der Waals surface area contributed by atoms with Crippen molar-refractivity contribution in [3.05, 3.63) is 28.7 Å². The highest BCUT2D eigenvalue weighted by Gasteiger charge is 2.20. The fourth-order valence-electron chi connectivity index (χ4n) is 2.57. The summed E-state index contributed by atoms with van der Waals surface area (Å²) in [6, 6.07) is 5.80. The van der Waals surface area contributed by atoms with Crippen LogP contribution in [-0.2, 0) is 4.79 Å². The van der Waals surface area contributed by atoms with E-state index in [9.17, 15) is 9.59 Å². The van der Waals surface area contributed by atoms with Crippen molar-refractivity contribution < 1.29 is 4.79 Å². The molecule has 3 rings (SSSR count). The Morgan fingerprint density at radius 2 is 1.89 bits per heavy atom. The van der Waals surface area contributed by atoms with Gasteiger partial charge in [-0.1, -0.05) is 6.07 Å². The van der Waals surface area contributed by atoms with E-state index in [2.05, 4.69) is 14.9 Å². The van der Waals surface area contributed by atoms with E-state index in [4.69, 9.17) is 0 Å². The van der Waals surface area contributed by atoms with Crippen LogP contribution in [0.25, 0.3) is 11.0 Å². The number of piperazine rings is 1. The predicted molar refractivity (Wildman–Crippen MR) is 73.4 cm³/mol. The zero-order valence-electron chi connectivity index (χ0n) is 10.8. The highest BCUT2D eigenvalue weighted by Crippen LogP contribution is 2.24. The van der Waals surface area contributed by atoms with Gasteiger partial charge in [-0.25, -0.2) is 4.79 Å². The maximum atomic E-state index is 11.4. The van der Waals surface area contributed by atoms with E-state index in [0.29, 0.717) is 0 Å². The maximum absolute atomic E-state index is 11.4. The van der Waals surface area contributed by atoms with Crippen molar-refractivity contribution in [3.8, 4) is 0 Å². The largest absolute Gasteiger partial charge is 0.366 e. The lowest BCUT2D eigenvalue weighted by molar-refractivity contribution is -0.129. The van der Waals surface area contributed by atoms with E-state index in [1.807, 2.05) is 23.1 Å². The molecule has 0 bridgehead atoms. The van der Waals surface area contributed by atoms with Crippen LogP contribution in [0.4, 0.5) is 5.69 Å². The molecule has 6 nitrogen and oxygen atoms in total. The van der Waals surface area contributed by atoms with Gasteiger partial charge in [0, 0.05) is 33.1 Å². The molecule has 2 N–H and O–H groups in total. The number of hydrogen-bond donors (Lipinski definition) is 2. The Labute approximate surface area is 110 Å². The summed E-state index contributed by atoms with van der Waals surface area (Å²) in [5.41, 5.74) is 2.48. The van der Waals surface area contributed by atoms with Crippen LogP contribution in [0.15, 0.2) is 23.0 Å². The number of nitrogens with zero attached hydrogens (tertiary/aromatic N) is 2. The first kappa shape index (κ1) is 11.8. The van der Waals surface area contributed by atoms with Gasteiger partial charge in [0.05, 0.1) is 16.7 Å². The third-order valence-corrected chi connectivity index (χ3v) is 3.59. The van der Waals surface area contributed by atoms with E-state index < -0.39 is 0 Å². The van der Waals surface area contributed by atoms with Gasteiger partial charge < -0.3 is 19.8 Å². The van der Waals surface area contributed by atoms with Crippen molar-refractivity contribution in [1.29, 1.82) is 0 Å². The number of anilines is 1. The lowest BCUT2D eigenvalue weighted by atomic mass is 10.2. The summed E-state index contributed by atoms with van der Waals surface area (Å²) in [5.74, 6) is 0.118. The van der Waals surface area contributed by atoms with E-state index in [1.54, 1.807) is 6.92 Å². The predicted octanol–water partition coefficient (Wildman–Crippen LogP) is 0.525. The molecule has 0 radical (unpaired) electrons. The van der Waals surface area contributed by atoms with E-state index in [0.717, 1.165) is 42.9 Å². The number of benzene rings is 1. The minimum absolute atomic E-state index is 0.118. The molecule has 1 fully saturated rings. The summed E-state index contributed by atoms with van der Waals surface area (Å²) in [4.78, 5) is 32.3. The Morgan fingerprint density at radius 3 is 2.58 bits per heavy atom. The lowest BCUT2D eigenvalue weighted by Crippen LogP contribution is -2.48. The number of rotatable bonds is 1. The number of nitrogens with one attached hydrogen (secondary N) is 2. The Balaban J connectivity index is 1.89. The van der Waals surface area contributed by atoms with Gasteiger partial charge >= 0.3 is 5.69 Å². The molecular weight excluding hydrogens is 244 g/mol. The molecule has 1 aliphatic heterocycles. The van der Waals surface area contributed by atoms with Crippen LogP contribution in [0.1, 0.15) is 6.92 Å². The normalized spacial score (nSPS) is 16.1. The van der Waals surface area contributed by atoms with E-state index in [-0.39, 0.29) is 11.6 Å². The molecule has 2 aromatic rings. The van der Waals surface area contributed by atoms with Crippen LogP contribution in [0.5, 0.6) is 0 Å². The highest BCUT2D eigenvalue weighted by atomic mass is 16.2. The van der Waals surface area contributed by atoms with E-state index >= 15 is 0 Å². The maximum Gasteiger partial charge on any atom is 0.323 e. The van der Waals surface area contributed by atoms with Gasteiger partial charge in [-0.2, -0.15) is 0 Å². The Kier molecular flexibility index (Phi) is 2.77. The summed E-state index contributed by atoms with van der Waals surface area (Å²) < 4.78 is 0. The smallest absolute Gasteiger partial charge is 0.323 e. The van der Waals surface area contributed by atoms with Crippen molar-refractivity contribution in [2.45, 2.75) is 6.92 Å². The van der Waals surface area contributed by atoms with Gasteiger partial charge in [0.2, 0.25) is 5.91 Å². The van der Waals surface area contributed by atoms with Crippen molar-refractivity contribution in [2.24, 2.45) is 0 Å². The molecule has 1 aromatic heterocycles.